The Morgan fingerprint density at radius 2 is 1.81 bits per heavy atom. The number of hydrogen-bond donors (Lipinski definition) is 1. The Morgan fingerprint density at radius 3 is 2.59 bits per heavy atom. The molecule has 0 aliphatic carbocycles. The van der Waals surface area contributed by atoms with Gasteiger partial charge in [-0.25, -0.2) is 4.98 Å². The van der Waals surface area contributed by atoms with Crippen LogP contribution in [0.25, 0.3) is 33.7 Å². The van der Waals surface area contributed by atoms with Crippen LogP contribution in [-0.4, -0.2) is 30.0 Å². The fourth-order valence-electron chi connectivity index (χ4n) is 3.56. The Bertz CT molecular complexity index is 1460. The predicted octanol–water partition coefficient (Wildman–Crippen LogP) is 5.37. The third kappa shape index (κ3) is 3.74. The largest absolute Gasteiger partial charge is 0.297 e. The number of anilines is 1. The summed E-state index contributed by atoms with van der Waals surface area (Å²) in [5, 5.41) is 9.05. The summed E-state index contributed by atoms with van der Waals surface area (Å²) in [6, 6.07) is 18.8. The molecule has 32 heavy (non-hydrogen) atoms. The van der Waals surface area contributed by atoms with Gasteiger partial charge in [-0.1, -0.05) is 54.1 Å². The van der Waals surface area contributed by atoms with Crippen LogP contribution < -0.4 is 5.32 Å². The number of fused-ring (bicyclic) bond motifs is 1. The lowest BCUT2D eigenvalue weighted by molar-refractivity contribution is 0.102. The van der Waals surface area contributed by atoms with Gasteiger partial charge in [-0.2, -0.15) is 14.5 Å². The molecule has 0 atom stereocenters. The second kappa shape index (κ2) is 8.14. The zero-order valence-electron chi connectivity index (χ0n) is 17.2. The van der Waals surface area contributed by atoms with Crippen LogP contribution in [0.15, 0.2) is 60.7 Å². The van der Waals surface area contributed by atoms with Crippen molar-refractivity contribution in [3.63, 3.8) is 0 Å². The third-order valence-electron chi connectivity index (χ3n) is 5.01. The number of rotatable bonds is 4. The van der Waals surface area contributed by atoms with Crippen LogP contribution in [0.4, 0.5) is 5.13 Å². The van der Waals surface area contributed by atoms with Crippen LogP contribution >= 0.6 is 23.1 Å². The summed E-state index contributed by atoms with van der Waals surface area (Å²) in [5.41, 5.74) is 4.26. The minimum Gasteiger partial charge on any atom is -0.297 e. The molecule has 1 N–H and O–H groups in total. The first-order valence-electron chi connectivity index (χ1n) is 9.80. The average Bonchev–Trinajstić information content (AvgIpc) is 3.38. The van der Waals surface area contributed by atoms with Crippen molar-refractivity contribution in [1.29, 1.82) is 0 Å². The minimum absolute atomic E-state index is 0.292. The first-order chi connectivity index (χ1) is 15.5. The molecule has 0 bridgehead atoms. The van der Waals surface area contributed by atoms with Crippen LogP contribution in [0.1, 0.15) is 16.1 Å². The van der Waals surface area contributed by atoms with Gasteiger partial charge in [-0.3, -0.25) is 14.8 Å². The number of carbonyl (C=O) groups excluding carboxylic acids is 1. The highest BCUT2D eigenvalue weighted by molar-refractivity contribution is 7.10. The van der Waals surface area contributed by atoms with Gasteiger partial charge in [-0.05, 0) is 25.1 Å². The second-order valence-electron chi connectivity index (χ2n) is 7.22. The van der Waals surface area contributed by atoms with Crippen LogP contribution in [-0.2, 0) is 7.05 Å². The van der Waals surface area contributed by atoms with Gasteiger partial charge in [0.1, 0.15) is 0 Å². The van der Waals surface area contributed by atoms with Gasteiger partial charge >= 0.3 is 0 Å². The standard InChI is InChI=1S/C23H17ClN6OS/c1-13-19-17(12-18(14-7-4-3-5-8-14)25-21(19)30(2)28-13)22(31)27-23-26-20(29-32-23)15-9-6-10-16(24)11-15/h3-12H,1-2H3,(H,26,27,29,31). The van der Waals surface area contributed by atoms with Crippen molar-refractivity contribution >= 4 is 45.2 Å². The molecule has 2 aromatic carbocycles. The van der Waals surface area contributed by atoms with E-state index in [1.54, 1.807) is 22.9 Å². The summed E-state index contributed by atoms with van der Waals surface area (Å²) in [7, 11) is 1.82. The van der Waals surface area contributed by atoms with Gasteiger partial charge in [-0.15, -0.1) is 0 Å². The molecular weight excluding hydrogens is 444 g/mol. The maximum absolute atomic E-state index is 13.3. The number of nitrogens with zero attached hydrogens (tertiary/aromatic N) is 5. The number of pyridine rings is 1. The summed E-state index contributed by atoms with van der Waals surface area (Å²) in [6.45, 7) is 1.87. The molecule has 0 spiro atoms. The Balaban J connectivity index is 1.53. The Kier molecular flexibility index (Phi) is 5.16. The van der Waals surface area contributed by atoms with E-state index in [1.165, 1.54) is 0 Å². The molecule has 5 aromatic rings. The highest BCUT2D eigenvalue weighted by Gasteiger charge is 2.20. The number of halogens is 1. The summed E-state index contributed by atoms with van der Waals surface area (Å²) in [6.07, 6.45) is 0. The molecule has 0 fully saturated rings. The summed E-state index contributed by atoms with van der Waals surface area (Å²) in [5.74, 6) is 0.217. The summed E-state index contributed by atoms with van der Waals surface area (Å²) < 4.78 is 6.04. The Labute approximate surface area is 192 Å². The van der Waals surface area contributed by atoms with Crippen LogP contribution in [0.5, 0.6) is 0 Å². The van der Waals surface area contributed by atoms with Crippen LogP contribution in [0, 0.1) is 6.92 Å². The number of nitrogens with one attached hydrogen (secondary N) is 1. The maximum Gasteiger partial charge on any atom is 0.258 e. The molecule has 0 unspecified atom stereocenters. The number of carbonyl (C=O) groups is 1. The highest BCUT2D eigenvalue weighted by atomic mass is 35.5. The fraction of sp³-hybridized carbons (Fsp3) is 0.0870. The van der Waals surface area contributed by atoms with E-state index in [0.717, 1.165) is 28.4 Å². The Hall–Kier alpha value is -3.62. The molecule has 1 amide bonds. The van der Waals surface area contributed by atoms with Gasteiger partial charge in [0.2, 0.25) is 5.13 Å². The van der Waals surface area contributed by atoms with Crippen molar-refractivity contribution in [2.45, 2.75) is 6.92 Å². The molecule has 0 saturated heterocycles. The first-order valence-corrected chi connectivity index (χ1v) is 11.0. The number of hydrogen-bond acceptors (Lipinski definition) is 6. The first kappa shape index (κ1) is 20.3. The van der Waals surface area contributed by atoms with Crippen molar-refractivity contribution in [2.24, 2.45) is 7.05 Å². The smallest absolute Gasteiger partial charge is 0.258 e. The molecule has 9 heteroatoms. The topological polar surface area (TPSA) is 85.6 Å². The van der Waals surface area contributed by atoms with Crippen molar-refractivity contribution in [3.05, 3.63) is 76.9 Å². The maximum atomic E-state index is 13.3. The molecule has 3 heterocycles. The van der Waals surface area contributed by atoms with E-state index in [0.29, 0.717) is 38.3 Å². The van der Waals surface area contributed by atoms with Gasteiger partial charge in [0.25, 0.3) is 5.91 Å². The molecule has 158 valence electrons. The molecule has 0 radical (unpaired) electrons. The van der Waals surface area contributed by atoms with Gasteiger partial charge < -0.3 is 0 Å². The quantitative estimate of drug-likeness (QED) is 0.389. The molecule has 3 aromatic heterocycles. The van der Waals surface area contributed by atoms with Crippen molar-refractivity contribution in [1.82, 2.24) is 24.1 Å². The number of aryl methyl sites for hydroxylation is 2. The van der Waals surface area contributed by atoms with Gasteiger partial charge in [0.15, 0.2) is 11.5 Å². The van der Waals surface area contributed by atoms with E-state index in [-0.39, 0.29) is 5.91 Å². The van der Waals surface area contributed by atoms with E-state index in [2.05, 4.69) is 19.8 Å². The van der Waals surface area contributed by atoms with Crippen molar-refractivity contribution < 1.29 is 4.79 Å². The van der Waals surface area contributed by atoms with Gasteiger partial charge in [0.05, 0.1) is 22.3 Å². The lowest BCUT2D eigenvalue weighted by Crippen LogP contribution is -2.13. The van der Waals surface area contributed by atoms with E-state index in [1.807, 2.05) is 56.4 Å². The summed E-state index contributed by atoms with van der Waals surface area (Å²) in [4.78, 5) is 22.5. The summed E-state index contributed by atoms with van der Waals surface area (Å²) >= 11 is 7.18. The molecule has 7 nitrogen and oxygen atoms in total. The van der Waals surface area contributed by atoms with E-state index < -0.39 is 0 Å². The van der Waals surface area contributed by atoms with Crippen molar-refractivity contribution in [3.8, 4) is 22.6 Å². The number of benzene rings is 2. The lowest BCUT2D eigenvalue weighted by atomic mass is 10.1. The zero-order valence-corrected chi connectivity index (χ0v) is 18.8. The van der Waals surface area contributed by atoms with E-state index in [9.17, 15) is 4.79 Å². The molecular formula is C23H17ClN6OS. The van der Waals surface area contributed by atoms with Gasteiger partial charge in [0, 0.05) is 34.7 Å². The third-order valence-corrected chi connectivity index (χ3v) is 5.88. The Morgan fingerprint density at radius 1 is 1.03 bits per heavy atom. The minimum atomic E-state index is -0.292. The molecule has 0 aliphatic heterocycles. The highest BCUT2D eigenvalue weighted by Crippen LogP contribution is 2.28. The molecule has 0 aliphatic rings. The normalized spacial score (nSPS) is 11.1. The SMILES string of the molecule is Cc1nn(C)c2nc(-c3ccccc3)cc(C(=O)Nc3nc(-c4cccc(Cl)c4)ns3)c12. The van der Waals surface area contributed by atoms with Crippen LogP contribution in [0.3, 0.4) is 0 Å². The van der Waals surface area contributed by atoms with E-state index >= 15 is 0 Å². The number of amides is 1. The van der Waals surface area contributed by atoms with Crippen molar-refractivity contribution in [2.75, 3.05) is 5.32 Å². The zero-order chi connectivity index (χ0) is 22.2. The molecule has 5 rings (SSSR count). The monoisotopic (exact) mass is 460 g/mol. The molecule has 0 saturated carbocycles. The lowest BCUT2D eigenvalue weighted by Gasteiger charge is -2.08. The second-order valence-corrected chi connectivity index (χ2v) is 8.40. The average molecular weight is 461 g/mol. The van der Waals surface area contributed by atoms with E-state index in [4.69, 9.17) is 16.6 Å². The van der Waals surface area contributed by atoms with Crippen LogP contribution in [0.2, 0.25) is 5.02 Å². The fourth-order valence-corrected chi connectivity index (χ4v) is 4.34. The number of aromatic nitrogens is 5. The predicted molar refractivity (Wildman–Crippen MR) is 127 cm³/mol.